The highest BCUT2D eigenvalue weighted by Crippen LogP contribution is 2.50. The molecule has 0 N–H and O–H groups in total. The molecular weight excluding hydrogens is 407 g/mol. The third kappa shape index (κ3) is 10.9. The molecule has 174 valence electrons. The zero-order valence-electron chi connectivity index (χ0n) is 20.5. The number of ether oxygens (including phenoxy) is 2. The summed E-state index contributed by atoms with van der Waals surface area (Å²) in [5.74, 6) is 0.680. The van der Waals surface area contributed by atoms with Crippen LogP contribution >= 0.6 is 20.2 Å². The van der Waals surface area contributed by atoms with Crippen molar-refractivity contribution in [1.29, 1.82) is 0 Å². The van der Waals surface area contributed by atoms with E-state index in [4.69, 9.17) is 14.0 Å². The molecule has 0 aliphatic rings. The van der Waals surface area contributed by atoms with E-state index in [1.165, 1.54) is 11.8 Å². The second kappa shape index (κ2) is 15.1. The minimum atomic E-state index is -0.969. The average molecular weight is 453 g/mol. The molecule has 0 bridgehead atoms. The van der Waals surface area contributed by atoms with Crippen molar-refractivity contribution >= 4 is 25.3 Å². The number of rotatable bonds is 15. The molecule has 0 amide bonds. The van der Waals surface area contributed by atoms with Gasteiger partial charge in [-0.2, -0.15) is 0 Å². The van der Waals surface area contributed by atoms with Crippen LogP contribution in [0.5, 0.6) is 0 Å². The van der Waals surface area contributed by atoms with Crippen LogP contribution in [0.3, 0.4) is 0 Å². The zero-order valence-corrected chi connectivity index (χ0v) is 22.2. The maximum atomic E-state index is 12.0. The summed E-state index contributed by atoms with van der Waals surface area (Å²) in [5, 5.41) is 0.161. The lowest BCUT2D eigenvalue weighted by Crippen LogP contribution is -2.43. The first-order valence-electron chi connectivity index (χ1n) is 10.7. The van der Waals surface area contributed by atoms with E-state index < -0.39 is 8.45 Å². The molecule has 0 aromatic carbocycles. The Hall–Kier alpha value is 0.250. The maximum absolute atomic E-state index is 12.0. The van der Waals surface area contributed by atoms with Gasteiger partial charge in [-0.1, -0.05) is 32.5 Å². The van der Waals surface area contributed by atoms with Crippen LogP contribution in [0.25, 0.3) is 0 Å². The van der Waals surface area contributed by atoms with Gasteiger partial charge >= 0.3 is 0 Å². The predicted molar refractivity (Wildman–Crippen MR) is 126 cm³/mol. The van der Waals surface area contributed by atoms with Crippen molar-refractivity contribution in [2.45, 2.75) is 100 Å². The van der Waals surface area contributed by atoms with Gasteiger partial charge < -0.3 is 14.0 Å². The zero-order chi connectivity index (χ0) is 22.7. The lowest BCUT2D eigenvalue weighted by Gasteiger charge is -2.45. The van der Waals surface area contributed by atoms with Crippen molar-refractivity contribution in [2.24, 2.45) is 11.8 Å². The van der Waals surface area contributed by atoms with Crippen LogP contribution in [0, 0.1) is 11.8 Å². The molecule has 0 spiro atoms. The quantitative estimate of drug-likeness (QED) is 0.173. The van der Waals surface area contributed by atoms with Gasteiger partial charge in [0.15, 0.2) is 27.2 Å². The van der Waals surface area contributed by atoms with Crippen molar-refractivity contribution in [2.75, 3.05) is 19.5 Å². The molecular formula is C21H45N2O4PS. The summed E-state index contributed by atoms with van der Waals surface area (Å²) in [6.07, 6.45) is 0. The Kier molecular flexibility index (Phi) is 15.2. The number of carbonyl (C=O) groups is 1. The molecule has 0 aliphatic carbocycles. The van der Waals surface area contributed by atoms with Crippen LogP contribution < -0.4 is 0 Å². The number of hydrogen-bond acceptors (Lipinski definition) is 7. The third-order valence-corrected chi connectivity index (χ3v) is 8.50. The summed E-state index contributed by atoms with van der Waals surface area (Å²) in [5.41, 5.74) is 0. The fourth-order valence-electron chi connectivity index (χ4n) is 2.95. The Balaban J connectivity index is 4.63. The maximum Gasteiger partial charge on any atom is 0.194 e. The van der Waals surface area contributed by atoms with Crippen LogP contribution in [-0.4, -0.2) is 58.1 Å². The van der Waals surface area contributed by atoms with E-state index in [9.17, 15) is 4.79 Å². The number of thioether (sulfide) groups is 1. The normalized spacial score (nSPS) is 14.0. The monoisotopic (exact) mass is 452 g/mol. The SMILES string of the molecule is CC(C)C(C)C(=O)SCOCOCOP(N(C(C)C)C(C)C)N(C(C)C)C(C)C. The number of carbonyl (C=O) groups excluding carboxylic acids is 1. The predicted octanol–water partition coefficient (Wildman–Crippen LogP) is 5.93. The van der Waals surface area contributed by atoms with Gasteiger partial charge in [0, 0.05) is 30.1 Å². The number of hydrogen-bond donors (Lipinski definition) is 0. The van der Waals surface area contributed by atoms with E-state index in [1.54, 1.807) is 0 Å². The summed E-state index contributed by atoms with van der Waals surface area (Å²) >= 11 is 1.21. The van der Waals surface area contributed by atoms with E-state index in [0.29, 0.717) is 36.0 Å². The number of nitrogens with zero attached hydrogens (tertiary/aromatic N) is 2. The highest BCUT2D eigenvalue weighted by atomic mass is 32.2. The first-order chi connectivity index (χ1) is 13.4. The molecule has 0 aromatic heterocycles. The van der Waals surface area contributed by atoms with Crippen molar-refractivity contribution in [1.82, 2.24) is 9.34 Å². The van der Waals surface area contributed by atoms with Gasteiger partial charge in [-0.15, -0.1) is 0 Å². The fourth-order valence-corrected chi connectivity index (χ4v) is 6.01. The summed E-state index contributed by atoms with van der Waals surface area (Å²) in [6, 6.07) is 1.45. The Morgan fingerprint density at radius 1 is 0.759 bits per heavy atom. The van der Waals surface area contributed by atoms with Crippen LogP contribution in [0.15, 0.2) is 0 Å². The van der Waals surface area contributed by atoms with Crippen LogP contribution in [0.2, 0.25) is 0 Å². The Morgan fingerprint density at radius 2 is 1.21 bits per heavy atom. The van der Waals surface area contributed by atoms with Gasteiger partial charge in [0.05, 0.1) is 0 Å². The Bertz CT molecular complexity index is 414. The molecule has 0 aromatic rings. The smallest absolute Gasteiger partial charge is 0.194 e. The van der Waals surface area contributed by atoms with Gasteiger partial charge in [-0.25, -0.2) is 9.34 Å². The Morgan fingerprint density at radius 3 is 1.59 bits per heavy atom. The molecule has 0 heterocycles. The van der Waals surface area contributed by atoms with Crippen molar-refractivity contribution in [3.8, 4) is 0 Å². The molecule has 0 aliphatic heterocycles. The highest BCUT2D eigenvalue weighted by Gasteiger charge is 2.34. The first kappa shape index (κ1) is 29.2. The van der Waals surface area contributed by atoms with E-state index in [0.717, 1.165) is 0 Å². The van der Waals surface area contributed by atoms with Gasteiger partial charge in [-0.05, 0) is 61.3 Å². The fraction of sp³-hybridized carbons (Fsp3) is 0.952. The minimum Gasteiger partial charge on any atom is -0.344 e. The van der Waals surface area contributed by atoms with Crippen molar-refractivity contribution in [3.63, 3.8) is 0 Å². The molecule has 0 saturated carbocycles. The second-order valence-corrected chi connectivity index (χ2v) is 11.4. The first-order valence-corrected chi connectivity index (χ1v) is 12.9. The van der Waals surface area contributed by atoms with Gasteiger partial charge in [0.2, 0.25) is 0 Å². The molecule has 0 saturated heterocycles. The standard InChI is InChI=1S/C21H45N2O4PS/c1-15(2)20(11)21(24)29-14-26-12-25-13-27-28(22(16(3)4)17(5)6)23(18(7)8)19(9)10/h15-20H,12-14H2,1-11H3. The molecule has 0 fully saturated rings. The van der Waals surface area contributed by atoms with Crippen molar-refractivity contribution < 1.29 is 18.8 Å². The summed E-state index contributed by atoms with van der Waals surface area (Å²) < 4.78 is 22.1. The van der Waals surface area contributed by atoms with E-state index >= 15 is 0 Å². The largest absolute Gasteiger partial charge is 0.344 e. The molecule has 1 unspecified atom stereocenters. The average Bonchev–Trinajstić information content (AvgIpc) is 2.58. The summed E-state index contributed by atoms with van der Waals surface area (Å²) in [6.45, 7) is 24.0. The van der Waals surface area contributed by atoms with Crippen LogP contribution in [0.4, 0.5) is 0 Å². The van der Waals surface area contributed by atoms with Gasteiger partial charge in [0.1, 0.15) is 5.94 Å². The van der Waals surface area contributed by atoms with Crippen LogP contribution in [0.1, 0.15) is 76.2 Å². The van der Waals surface area contributed by atoms with Gasteiger partial charge in [-0.3, -0.25) is 4.79 Å². The second-order valence-electron chi connectivity index (χ2n) is 8.77. The van der Waals surface area contributed by atoms with Crippen LogP contribution in [-0.2, 0) is 18.8 Å². The van der Waals surface area contributed by atoms with E-state index in [1.807, 2.05) is 6.92 Å². The summed E-state index contributed by atoms with van der Waals surface area (Å²) in [4.78, 5) is 12.0. The lowest BCUT2D eigenvalue weighted by molar-refractivity contribution is -0.115. The molecule has 29 heavy (non-hydrogen) atoms. The lowest BCUT2D eigenvalue weighted by atomic mass is 10.0. The molecule has 0 rings (SSSR count). The van der Waals surface area contributed by atoms with Gasteiger partial charge in [0.25, 0.3) is 0 Å². The highest BCUT2D eigenvalue weighted by molar-refractivity contribution is 8.13. The van der Waals surface area contributed by atoms with E-state index in [-0.39, 0.29) is 24.6 Å². The minimum absolute atomic E-state index is 0.0347. The summed E-state index contributed by atoms with van der Waals surface area (Å²) in [7, 11) is -0.969. The Labute approximate surface area is 185 Å². The third-order valence-electron chi connectivity index (χ3n) is 4.59. The molecule has 1 atom stereocenters. The molecule has 8 heteroatoms. The molecule has 0 radical (unpaired) electrons. The van der Waals surface area contributed by atoms with Crippen molar-refractivity contribution in [3.05, 3.63) is 0 Å². The topological polar surface area (TPSA) is 51.2 Å². The van der Waals surface area contributed by atoms with E-state index in [2.05, 4.69) is 78.6 Å². The molecule has 6 nitrogen and oxygen atoms in total.